The number of rotatable bonds is 2. The summed E-state index contributed by atoms with van der Waals surface area (Å²) in [6, 6.07) is 0. The number of ether oxygens (including phenoxy) is 1. The maximum absolute atomic E-state index is 11.6. The first kappa shape index (κ1) is 13.0. The predicted molar refractivity (Wildman–Crippen MR) is 64.0 cm³/mol. The van der Waals surface area contributed by atoms with Crippen LogP contribution in [0.4, 0.5) is 0 Å². The van der Waals surface area contributed by atoms with Crippen LogP contribution in [0.5, 0.6) is 0 Å². The molecular weight excluding hydrogens is 272 g/mol. The molecule has 0 unspecified atom stereocenters. The van der Waals surface area contributed by atoms with E-state index in [0.717, 1.165) is 0 Å². The highest BCUT2D eigenvalue weighted by atomic mass is 16.6. The third-order valence-electron chi connectivity index (χ3n) is 3.26. The molecule has 1 saturated heterocycles. The van der Waals surface area contributed by atoms with Crippen molar-refractivity contribution in [1.82, 2.24) is 19.5 Å². The van der Waals surface area contributed by atoms with Gasteiger partial charge in [-0.05, 0) is 0 Å². The summed E-state index contributed by atoms with van der Waals surface area (Å²) in [5.41, 5.74) is -1.36. The molecule has 108 valence electrons. The van der Waals surface area contributed by atoms with Gasteiger partial charge in [-0.25, -0.2) is 9.78 Å². The van der Waals surface area contributed by atoms with Crippen LogP contribution in [-0.4, -0.2) is 59.8 Å². The number of imidazole rings is 1. The van der Waals surface area contributed by atoms with Crippen LogP contribution in [-0.2, 0) is 4.74 Å². The number of aliphatic hydroxyl groups excluding tert-OH is 3. The van der Waals surface area contributed by atoms with Crippen LogP contribution in [0.15, 0.2) is 15.9 Å². The van der Waals surface area contributed by atoms with Crippen LogP contribution in [0.3, 0.4) is 0 Å². The molecule has 0 aromatic carbocycles. The first-order chi connectivity index (χ1) is 9.52. The fourth-order valence-electron chi connectivity index (χ4n) is 2.25. The van der Waals surface area contributed by atoms with Crippen LogP contribution < -0.4 is 11.2 Å². The van der Waals surface area contributed by atoms with Crippen molar-refractivity contribution in [3.63, 3.8) is 0 Å². The normalized spacial score (nSPS) is 30.1. The van der Waals surface area contributed by atoms with Crippen molar-refractivity contribution in [3.8, 4) is 0 Å². The van der Waals surface area contributed by atoms with E-state index < -0.39 is 42.4 Å². The van der Waals surface area contributed by atoms with Gasteiger partial charge in [0.15, 0.2) is 11.7 Å². The summed E-state index contributed by atoms with van der Waals surface area (Å²) in [5.74, 6) is 0. The lowest BCUT2D eigenvalue weighted by Gasteiger charge is -2.16. The Labute approximate surface area is 110 Å². The highest BCUT2D eigenvalue weighted by molar-refractivity contribution is 5.68. The molecule has 20 heavy (non-hydrogen) atoms. The molecule has 5 N–H and O–H groups in total. The lowest BCUT2D eigenvalue weighted by atomic mass is 10.1. The van der Waals surface area contributed by atoms with Gasteiger partial charge in [0, 0.05) is 0 Å². The molecule has 0 radical (unpaired) electrons. The third kappa shape index (κ3) is 1.78. The Balaban J connectivity index is 2.12. The monoisotopic (exact) mass is 284 g/mol. The van der Waals surface area contributed by atoms with E-state index in [0.29, 0.717) is 0 Å². The number of nitrogens with zero attached hydrogens (tertiary/aromatic N) is 2. The average molecular weight is 284 g/mol. The lowest BCUT2D eigenvalue weighted by molar-refractivity contribution is -0.0511. The van der Waals surface area contributed by atoms with E-state index in [9.17, 15) is 19.8 Å². The summed E-state index contributed by atoms with van der Waals surface area (Å²) in [5, 5.41) is 28.7. The molecule has 10 heteroatoms. The Kier molecular flexibility index (Phi) is 2.94. The molecule has 10 nitrogen and oxygen atoms in total. The van der Waals surface area contributed by atoms with Crippen molar-refractivity contribution in [3.05, 3.63) is 27.2 Å². The predicted octanol–water partition coefficient (Wildman–Crippen LogP) is -2.98. The topological polar surface area (TPSA) is 153 Å². The number of H-pyrrole nitrogens is 2. The molecule has 0 aliphatic carbocycles. The standard InChI is InChI=1S/C10H12N4O6/c15-1-3-5(16)6(17)9(20-3)14-2-11-4-7(14)12-10(19)13-8(4)18/h2-3,5-6,9,15-17H,1H2,(H2,12,13,18,19)/t3-,5+,6+,9-/m0/s1. The van der Waals surface area contributed by atoms with Gasteiger partial charge >= 0.3 is 5.69 Å². The minimum atomic E-state index is -1.33. The number of aromatic nitrogens is 4. The molecule has 1 aliphatic rings. The zero-order valence-electron chi connectivity index (χ0n) is 10.1. The van der Waals surface area contributed by atoms with E-state index in [1.54, 1.807) is 0 Å². The number of hydrogen-bond donors (Lipinski definition) is 5. The van der Waals surface area contributed by atoms with E-state index in [1.807, 2.05) is 4.98 Å². The molecule has 2 aromatic rings. The van der Waals surface area contributed by atoms with Gasteiger partial charge < -0.3 is 20.1 Å². The first-order valence-corrected chi connectivity index (χ1v) is 5.84. The number of nitrogens with one attached hydrogen (secondary N) is 2. The summed E-state index contributed by atoms with van der Waals surface area (Å²) in [7, 11) is 0. The molecule has 0 saturated carbocycles. The average Bonchev–Trinajstić information content (AvgIpc) is 2.93. The minimum absolute atomic E-state index is 0.0256. The number of hydrogen-bond acceptors (Lipinski definition) is 7. The number of fused-ring (bicyclic) bond motifs is 1. The zero-order chi connectivity index (χ0) is 14.4. The Hall–Kier alpha value is -2.01. The van der Waals surface area contributed by atoms with Crippen molar-refractivity contribution < 1.29 is 20.1 Å². The van der Waals surface area contributed by atoms with Crippen LogP contribution in [0, 0.1) is 0 Å². The second-order valence-corrected chi connectivity index (χ2v) is 4.49. The van der Waals surface area contributed by atoms with E-state index in [4.69, 9.17) is 9.84 Å². The lowest BCUT2D eigenvalue weighted by Crippen LogP contribution is -2.33. The molecule has 0 amide bonds. The summed E-state index contributed by atoms with van der Waals surface area (Å²) < 4.78 is 6.54. The minimum Gasteiger partial charge on any atom is -0.394 e. The molecule has 4 atom stereocenters. The summed E-state index contributed by atoms with van der Waals surface area (Å²) in [6.07, 6.45) is -3.43. The van der Waals surface area contributed by atoms with Crippen LogP contribution in [0.1, 0.15) is 6.23 Å². The Bertz CT molecular complexity index is 748. The fourth-order valence-corrected chi connectivity index (χ4v) is 2.25. The quantitative estimate of drug-likeness (QED) is 0.394. The van der Waals surface area contributed by atoms with E-state index in [2.05, 4.69) is 9.97 Å². The van der Waals surface area contributed by atoms with Crippen molar-refractivity contribution in [2.75, 3.05) is 6.61 Å². The molecule has 1 aliphatic heterocycles. The van der Waals surface area contributed by atoms with E-state index in [-0.39, 0.29) is 11.2 Å². The number of aromatic amines is 2. The van der Waals surface area contributed by atoms with Crippen molar-refractivity contribution in [2.24, 2.45) is 0 Å². The van der Waals surface area contributed by atoms with E-state index in [1.165, 1.54) is 10.9 Å². The van der Waals surface area contributed by atoms with Crippen LogP contribution in [0.2, 0.25) is 0 Å². The van der Waals surface area contributed by atoms with Crippen molar-refractivity contribution in [1.29, 1.82) is 0 Å². The molecule has 0 spiro atoms. The SMILES string of the molecule is O=c1[nH]c(=O)c2ncn([C@H]3O[C@@H](CO)[C@@H](O)[C@H]3O)c2[nH]1. The fraction of sp³-hybridized carbons (Fsp3) is 0.500. The molecule has 2 aromatic heterocycles. The van der Waals surface area contributed by atoms with Crippen LogP contribution in [0.25, 0.3) is 11.2 Å². The maximum Gasteiger partial charge on any atom is 0.327 e. The maximum atomic E-state index is 11.6. The Morgan fingerprint density at radius 3 is 2.70 bits per heavy atom. The van der Waals surface area contributed by atoms with Gasteiger partial charge in [0.05, 0.1) is 12.9 Å². The Morgan fingerprint density at radius 2 is 2.05 bits per heavy atom. The van der Waals surface area contributed by atoms with Crippen LogP contribution >= 0.6 is 0 Å². The van der Waals surface area contributed by atoms with Gasteiger partial charge in [0.25, 0.3) is 5.56 Å². The zero-order valence-corrected chi connectivity index (χ0v) is 10.1. The van der Waals surface area contributed by atoms with Gasteiger partial charge in [0.2, 0.25) is 0 Å². The van der Waals surface area contributed by atoms with Gasteiger partial charge in [0.1, 0.15) is 24.0 Å². The van der Waals surface area contributed by atoms with Gasteiger partial charge in [-0.2, -0.15) is 0 Å². The van der Waals surface area contributed by atoms with Gasteiger partial charge in [-0.1, -0.05) is 0 Å². The second-order valence-electron chi connectivity index (χ2n) is 4.49. The van der Waals surface area contributed by atoms with Crippen molar-refractivity contribution in [2.45, 2.75) is 24.5 Å². The smallest absolute Gasteiger partial charge is 0.327 e. The first-order valence-electron chi connectivity index (χ1n) is 5.84. The van der Waals surface area contributed by atoms with Gasteiger partial charge in [-0.15, -0.1) is 0 Å². The highest BCUT2D eigenvalue weighted by Gasteiger charge is 2.43. The van der Waals surface area contributed by atoms with E-state index >= 15 is 0 Å². The summed E-state index contributed by atoms with van der Waals surface area (Å²) in [4.78, 5) is 31.1. The summed E-state index contributed by atoms with van der Waals surface area (Å²) >= 11 is 0. The van der Waals surface area contributed by atoms with Crippen molar-refractivity contribution >= 4 is 11.2 Å². The molecule has 3 heterocycles. The Morgan fingerprint density at radius 1 is 1.30 bits per heavy atom. The molecule has 3 rings (SSSR count). The second kappa shape index (κ2) is 4.52. The molecular formula is C10H12N4O6. The largest absolute Gasteiger partial charge is 0.394 e. The highest BCUT2D eigenvalue weighted by Crippen LogP contribution is 2.30. The van der Waals surface area contributed by atoms with Gasteiger partial charge in [-0.3, -0.25) is 19.3 Å². The number of aliphatic hydroxyl groups is 3. The third-order valence-corrected chi connectivity index (χ3v) is 3.26. The summed E-state index contributed by atoms with van der Waals surface area (Å²) in [6.45, 7) is -0.474. The molecule has 1 fully saturated rings. The molecule has 0 bridgehead atoms.